The fourth-order valence-corrected chi connectivity index (χ4v) is 10.2. The smallest absolute Gasteiger partial charge is 0.160 e. The van der Waals surface area contributed by atoms with Gasteiger partial charge in [-0.05, 0) is 95.7 Å². The van der Waals surface area contributed by atoms with Crippen LogP contribution in [0.3, 0.4) is 0 Å². The molecule has 0 fully saturated rings. The van der Waals surface area contributed by atoms with Gasteiger partial charge in [0.05, 0.1) is 16.8 Å². The standard InChI is InChI=1S/C63H42N2/c1-5-18-45(19-6-1)60-42-61(65-62(64-60)46-20-7-2-8-21-46)56-38-37-52(53-28-13-14-29-54(53)56)44-34-32-43(33-35-44)47-22-17-23-48(40-47)49-36-39-59-57(41-49)55-30-15-16-31-58(55)63(59,50-24-9-3-10-25-50)51-26-11-4-12-27-51/h1-42H. The summed E-state index contributed by atoms with van der Waals surface area (Å²) in [5.41, 5.74) is 19.4. The zero-order chi connectivity index (χ0) is 43.2. The maximum absolute atomic E-state index is 5.17. The molecule has 0 unspecified atom stereocenters. The van der Waals surface area contributed by atoms with Gasteiger partial charge >= 0.3 is 0 Å². The molecule has 1 heterocycles. The highest BCUT2D eigenvalue weighted by molar-refractivity contribution is 6.05. The maximum Gasteiger partial charge on any atom is 0.160 e. The lowest BCUT2D eigenvalue weighted by molar-refractivity contribution is 0.768. The Morgan fingerprint density at radius 1 is 0.246 bits per heavy atom. The highest BCUT2D eigenvalue weighted by Gasteiger charge is 2.45. The Morgan fingerprint density at radius 3 is 1.42 bits per heavy atom. The molecule has 0 amide bonds. The number of hydrogen-bond donors (Lipinski definition) is 0. The minimum absolute atomic E-state index is 0.407. The van der Waals surface area contributed by atoms with Gasteiger partial charge < -0.3 is 0 Å². The van der Waals surface area contributed by atoms with Crippen molar-refractivity contribution in [1.82, 2.24) is 9.97 Å². The lowest BCUT2D eigenvalue weighted by atomic mass is 9.67. The van der Waals surface area contributed by atoms with Crippen LogP contribution in [0.2, 0.25) is 0 Å². The van der Waals surface area contributed by atoms with Crippen LogP contribution in [0.4, 0.5) is 0 Å². The van der Waals surface area contributed by atoms with Gasteiger partial charge in [-0.1, -0.05) is 237 Å². The summed E-state index contributed by atoms with van der Waals surface area (Å²) in [5, 5.41) is 2.34. The third kappa shape index (κ3) is 6.58. The van der Waals surface area contributed by atoms with Crippen molar-refractivity contribution in [1.29, 1.82) is 0 Å². The summed E-state index contributed by atoms with van der Waals surface area (Å²) >= 11 is 0. The molecule has 1 aliphatic carbocycles. The summed E-state index contributed by atoms with van der Waals surface area (Å²) in [5.74, 6) is 0.712. The summed E-state index contributed by atoms with van der Waals surface area (Å²) in [7, 11) is 0. The molecule has 0 saturated carbocycles. The van der Waals surface area contributed by atoms with E-state index in [1.165, 1.54) is 72.1 Å². The van der Waals surface area contributed by atoms with Crippen molar-refractivity contribution < 1.29 is 0 Å². The van der Waals surface area contributed by atoms with Crippen molar-refractivity contribution in [2.24, 2.45) is 0 Å². The van der Waals surface area contributed by atoms with E-state index >= 15 is 0 Å². The first-order valence-corrected chi connectivity index (χ1v) is 22.3. The average molecular weight is 827 g/mol. The second-order valence-electron chi connectivity index (χ2n) is 16.8. The number of rotatable bonds is 8. The zero-order valence-electron chi connectivity index (χ0n) is 35.6. The minimum atomic E-state index is -0.407. The van der Waals surface area contributed by atoms with E-state index in [1.807, 2.05) is 24.3 Å². The minimum Gasteiger partial charge on any atom is -0.228 e. The number of benzene rings is 10. The van der Waals surface area contributed by atoms with Crippen LogP contribution in [0.1, 0.15) is 22.3 Å². The van der Waals surface area contributed by atoms with E-state index in [4.69, 9.17) is 9.97 Å². The zero-order valence-corrected chi connectivity index (χ0v) is 35.6. The van der Waals surface area contributed by atoms with E-state index < -0.39 is 5.41 Å². The SMILES string of the molecule is c1ccc(-c2cc(-c3ccc(-c4ccc(-c5cccc(-c6ccc7c(c6)-c6ccccc6C7(c6ccccc6)c6ccccc6)c5)cc4)c4ccccc34)nc(-c3ccccc3)n2)cc1. The summed E-state index contributed by atoms with van der Waals surface area (Å²) in [6, 6.07) is 91.9. The van der Waals surface area contributed by atoms with E-state index in [2.05, 4.69) is 231 Å². The molecular formula is C63H42N2. The second kappa shape index (κ2) is 16.0. The van der Waals surface area contributed by atoms with Gasteiger partial charge in [0.15, 0.2) is 5.82 Å². The van der Waals surface area contributed by atoms with Crippen LogP contribution >= 0.6 is 0 Å². The molecule has 0 atom stereocenters. The monoisotopic (exact) mass is 826 g/mol. The van der Waals surface area contributed by atoms with Gasteiger partial charge in [0, 0.05) is 16.7 Å². The topological polar surface area (TPSA) is 25.8 Å². The quantitative estimate of drug-likeness (QED) is 0.152. The molecule has 11 aromatic rings. The molecule has 2 heteroatoms. The van der Waals surface area contributed by atoms with Gasteiger partial charge in [0.2, 0.25) is 0 Å². The summed E-state index contributed by atoms with van der Waals surface area (Å²) in [6.45, 7) is 0. The molecule has 2 nitrogen and oxygen atoms in total. The average Bonchev–Trinajstić information content (AvgIpc) is 3.70. The number of aromatic nitrogens is 2. The van der Waals surface area contributed by atoms with Gasteiger partial charge in [-0.15, -0.1) is 0 Å². The molecule has 0 bridgehead atoms. The molecule has 304 valence electrons. The van der Waals surface area contributed by atoms with Crippen LogP contribution in [0, 0.1) is 0 Å². The van der Waals surface area contributed by atoms with Crippen LogP contribution in [0.15, 0.2) is 255 Å². The molecule has 0 N–H and O–H groups in total. The fourth-order valence-electron chi connectivity index (χ4n) is 10.2. The van der Waals surface area contributed by atoms with Gasteiger partial charge in [0.25, 0.3) is 0 Å². The molecule has 1 aliphatic rings. The van der Waals surface area contributed by atoms with Gasteiger partial charge in [-0.25, -0.2) is 9.97 Å². The lowest BCUT2D eigenvalue weighted by Gasteiger charge is -2.33. The normalized spacial score (nSPS) is 12.4. The van der Waals surface area contributed by atoms with Crippen LogP contribution in [0.25, 0.3) is 89.2 Å². The predicted molar refractivity (Wildman–Crippen MR) is 269 cm³/mol. The van der Waals surface area contributed by atoms with Crippen LogP contribution < -0.4 is 0 Å². The first-order valence-electron chi connectivity index (χ1n) is 22.3. The Morgan fingerprint density at radius 2 is 0.723 bits per heavy atom. The molecule has 0 saturated heterocycles. The molecule has 10 aromatic carbocycles. The second-order valence-corrected chi connectivity index (χ2v) is 16.8. The molecule has 0 aliphatic heterocycles. The van der Waals surface area contributed by atoms with E-state index in [-0.39, 0.29) is 0 Å². The van der Waals surface area contributed by atoms with Gasteiger partial charge in [-0.3, -0.25) is 0 Å². The van der Waals surface area contributed by atoms with Crippen molar-refractivity contribution in [3.05, 3.63) is 277 Å². The Bertz CT molecular complexity index is 3410. The van der Waals surface area contributed by atoms with Crippen molar-refractivity contribution in [3.63, 3.8) is 0 Å². The highest BCUT2D eigenvalue weighted by atomic mass is 14.9. The van der Waals surface area contributed by atoms with E-state index in [0.29, 0.717) is 5.82 Å². The van der Waals surface area contributed by atoms with Crippen molar-refractivity contribution in [2.75, 3.05) is 0 Å². The lowest BCUT2D eigenvalue weighted by Crippen LogP contribution is -2.28. The number of hydrogen-bond acceptors (Lipinski definition) is 2. The molecule has 12 rings (SSSR count). The van der Waals surface area contributed by atoms with E-state index in [9.17, 15) is 0 Å². The molecule has 0 radical (unpaired) electrons. The first-order chi connectivity index (χ1) is 32.2. The summed E-state index contributed by atoms with van der Waals surface area (Å²) in [4.78, 5) is 10.2. The predicted octanol–water partition coefficient (Wildman–Crippen LogP) is 16.0. The molecular weight excluding hydrogens is 785 g/mol. The molecule has 65 heavy (non-hydrogen) atoms. The van der Waals surface area contributed by atoms with E-state index in [1.54, 1.807) is 0 Å². The summed E-state index contributed by atoms with van der Waals surface area (Å²) in [6.07, 6.45) is 0. The largest absolute Gasteiger partial charge is 0.228 e. The highest BCUT2D eigenvalue weighted by Crippen LogP contribution is 2.56. The third-order valence-electron chi connectivity index (χ3n) is 13.2. The Labute approximate surface area is 379 Å². The van der Waals surface area contributed by atoms with Gasteiger partial charge in [-0.2, -0.15) is 0 Å². The molecule has 0 spiro atoms. The Kier molecular flexibility index (Phi) is 9.43. The van der Waals surface area contributed by atoms with Crippen LogP contribution in [0.5, 0.6) is 0 Å². The first kappa shape index (κ1) is 38.2. The Balaban J connectivity index is 0.896. The van der Waals surface area contributed by atoms with Crippen molar-refractivity contribution in [2.45, 2.75) is 5.41 Å². The third-order valence-corrected chi connectivity index (χ3v) is 13.2. The Hall–Kier alpha value is -8.46. The maximum atomic E-state index is 5.17. The summed E-state index contributed by atoms with van der Waals surface area (Å²) < 4.78 is 0. The number of fused-ring (bicyclic) bond motifs is 4. The van der Waals surface area contributed by atoms with E-state index in [0.717, 1.165) is 33.5 Å². The number of nitrogens with zero attached hydrogens (tertiary/aromatic N) is 2. The van der Waals surface area contributed by atoms with Crippen LogP contribution in [-0.4, -0.2) is 9.97 Å². The van der Waals surface area contributed by atoms with Crippen molar-refractivity contribution in [3.8, 4) is 78.4 Å². The fraction of sp³-hybridized carbons (Fsp3) is 0.0159. The molecule has 1 aromatic heterocycles. The van der Waals surface area contributed by atoms with Crippen molar-refractivity contribution >= 4 is 10.8 Å². The van der Waals surface area contributed by atoms with Crippen LogP contribution in [-0.2, 0) is 5.41 Å². The van der Waals surface area contributed by atoms with Gasteiger partial charge in [0.1, 0.15) is 0 Å².